The third kappa shape index (κ3) is 3.80. The van der Waals surface area contributed by atoms with Crippen LogP contribution in [0.1, 0.15) is 18.1 Å². The molecule has 0 heterocycles. The fourth-order valence-corrected chi connectivity index (χ4v) is 1.65. The van der Waals surface area contributed by atoms with E-state index in [1.165, 1.54) is 11.1 Å². The van der Waals surface area contributed by atoms with Crippen molar-refractivity contribution >= 4 is 28.7 Å². The molecule has 1 aromatic carbocycles. The summed E-state index contributed by atoms with van der Waals surface area (Å²) in [6.45, 7) is 2.84. The molecule has 0 aliphatic carbocycles. The van der Waals surface area contributed by atoms with Crippen LogP contribution in [0.3, 0.4) is 0 Å². The van der Waals surface area contributed by atoms with Crippen LogP contribution < -0.4 is 0 Å². The van der Waals surface area contributed by atoms with Gasteiger partial charge in [0.15, 0.2) is 0 Å². The summed E-state index contributed by atoms with van der Waals surface area (Å²) in [5, 5.41) is 0. The van der Waals surface area contributed by atoms with Crippen molar-refractivity contribution in [2.24, 2.45) is 0 Å². The summed E-state index contributed by atoms with van der Waals surface area (Å²) < 4.78 is 6.10. The molecule has 0 radical (unpaired) electrons. The smallest absolute Gasteiger partial charge is 0.0979 e. The zero-order valence-corrected chi connectivity index (χ0v) is 10.5. The summed E-state index contributed by atoms with van der Waals surface area (Å²) >= 11 is 2.22. The van der Waals surface area contributed by atoms with Crippen LogP contribution in [-0.4, -0.2) is 11.2 Å². The SMILES string of the molecule is C/C=C\c1ccccc1CCOCI. The van der Waals surface area contributed by atoms with Gasteiger partial charge in [0.05, 0.1) is 11.2 Å². The monoisotopic (exact) mass is 302 g/mol. The van der Waals surface area contributed by atoms with Gasteiger partial charge in [0.2, 0.25) is 0 Å². The van der Waals surface area contributed by atoms with E-state index >= 15 is 0 Å². The average Bonchev–Trinajstić information content (AvgIpc) is 2.21. The highest BCUT2D eigenvalue weighted by Crippen LogP contribution is 2.11. The second-order valence-electron chi connectivity index (χ2n) is 2.97. The minimum absolute atomic E-state index is 0.767. The number of benzene rings is 1. The number of rotatable bonds is 5. The maximum Gasteiger partial charge on any atom is 0.0979 e. The first-order chi connectivity index (χ1) is 6.88. The molecule has 1 aromatic rings. The highest BCUT2D eigenvalue weighted by atomic mass is 127. The molecule has 0 unspecified atom stereocenters. The molecular weight excluding hydrogens is 287 g/mol. The van der Waals surface area contributed by atoms with Gasteiger partial charge in [-0.3, -0.25) is 0 Å². The Morgan fingerprint density at radius 1 is 1.36 bits per heavy atom. The second-order valence-corrected chi connectivity index (χ2v) is 3.59. The van der Waals surface area contributed by atoms with Gasteiger partial charge in [0, 0.05) is 0 Å². The fourth-order valence-electron chi connectivity index (χ4n) is 1.34. The van der Waals surface area contributed by atoms with Crippen LogP contribution in [0.4, 0.5) is 0 Å². The van der Waals surface area contributed by atoms with Crippen molar-refractivity contribution < 1.29 is 4.74 Å². The lowest BCUT2D eigenvalue weighted by molar-refractivity contribution is 0.194. The van der Waals surface area contributed by atoms with Gasteiger partial charge >= 0.3 is 0 Å². The maximum atomic E-state index is 5.33. The molecule has 0 saturated heterocycles. The molecule has 1 nitrogen and oxygen atoms in total. The predicted molar refractivity (Wildman–Crippen MR) is 69.7 cm³/mol. The molecule has 1 rings (SSSR count). The van der Waals surface area contributed by atoms with E-state index in [4.69, 9.17) is 4.74 Å². The van der Waals surface area contributed by atoms with Crippen molar-refractivity contribution in [3.8, 4) is 0 Å². The van der Waals surface area contributed by atoms with E-state index in [0.717, 1.165) is 17.6 Å². The van der Waals surface area contributed by atoms with E-state index in [9.17, 15) is 0 Å². The lowest BCUT2D eigenvalue weighted by atomic mass is 10.0. The molecule has 0 saturated carbocycles. The number of hydrogen-bond acceptors (Lipinski definition) is 1. The van der Waals surface area contributed by atoms with Crippen molar-refractivity contribution in [1.29, 1.82) is 0 Å². The summed E-state index contributed by atoms with van der Waals surface area (Å²) in [7, 11) is 0. The average molecular weight is 302 g/mol. The largest absolute Gasteiger partial charge is 0.371 e. The number of alkyl halides is 1. The predicted octanol–water partition coefficient (Wildman–Crippen LogP) is 3.67. The first-order valence-electron chi connectivity index (χ1n) is 4.72. The zero-order chi connectivity index (χ0) is 10.2. The Labute approximate surface area is 99.3 Å². The number of allylic oxidation sites excluding steroid dienone is 1. The van der Waals surface area contributed by atoms with Crippen LogP contribution in [-0.2, 0) is 11.2 Å². The molecule has 0 fully saturated rings. The molecule has 0 aromatic heterocycles. The van der Waals surface area contributed by atoms with Gasteiger partial charge in [0.1, 0.15) is 0 Å². The molecule has 0 amide bonds. The molecule has 76 valence electrons. The molecular formula is C12H15IO. The third-order valence-corrected chi connectivity index (χ3v) is 2.43. The molecule has 0 bridgehead atoms. The van der Waals surface area contributed by atoms with Crippen LogP contribution in [0, 0.1) is 0 Å². The standard InChI is InChI=1S/C12H15IO/c1-2-5-11-6-3-4-7-12(11)8-9-14-10-13/h2-7H,8-10H2,1H3/b5-2-. The van der Waals surface area contributed by atoms with Gasteiger partial charge in [0.25, 0.3) is 0 Å². The minimum Gasteiger partial charge on any atom is -0.371 e. The Balaban J connectivity index is 2.64. The summed E-state index contributed by atoms with van der Waals surface area (Å²) in [4.78, 5) is 0. The Kier molecular flexibility index (Phi) is 5.87. The maximum absolute atomic E-state index is 5.33. The van der Waals surface area contributed by atoms with E-state index in [-0.39, 0.29) is 0 Å². The first kappa shape index (κ1) is 11.7. The van der Waals surface area contributed by atoms with E-state index in [1.54, 1.807) is 0 Å². The molecule has 0 N–H and O–H groups in total. The topological polar surface area (TPSA) is 9.23 Å². The lowest BCUT2D eigenvalue weighted by Gasteiger charge is -2.05. The highest BCUT2D eigenvalue weighted by molar-refractivity contribution is 14.1. The molecule has 0 atom stereocenters. The molecule has 0 aliphatic rings. The van der Waals surface area contributed by atoms with Crippen LogP contribution in [0.25, 0.3) is 6.08 Å². The van der Waals surface area contributed by atoms with Gasteiger partial charge in [-0.25, -0.2) is 0 Å². The van der Waals surface area contributed by atoms with Gasteiger partial charge in [-0.05, 0) is 24.5 Å². The van der Waals surface area contributed by atoms with Crippen molar-refractivity contribution in [1.82, 2.24) is 0 Å². The van der Waals surface area contributed by atoms with Crippen molar-refractivity contribution in [2.45, 2.75) is 13.3 Å². The molecule has 2 heteroatoms. The Hall–Kier alpha value is -0.350. The van der Waals surface area contributed by atoms with Crippen LogP contribution in [0.2, 0.25) is 0 Å². The Bertz CT molecular complexity index is 294. The Morgan fingerprint density at radius 2 is 2.14 bits per heavy atom. The minimum atomic E-state index is 0.767. The van der Waals surface area contributed by atoms with E-state index in [2.05, 4.69) is 59.0 Å². The third-order valence-electron chi connectivity index (χ3n) is 1.99. The molecule has 0 spiro atoms. The van der Waals surface area contributed by atoms with Crippen LogP contribution in [0.5, 0.6) is 0 Å². The fraction of sp³-hybridized carbons (Fsp3) is 0.333. The van der Waals surface area contributed by atoms with Crippen molar-refractivity contribution in [2.75, 3.05) is 11.2 Å². The number of ether oxygens (including phenoxy) is 1. The summed E-state index contributed by atoms with van der Waals surface area (Å²) in [6, 6.07) is 8.44. The summed E-state index contributed by atoms with van der Waals surface area (Å²) in [5.74, 6) is 0. The first-order valence-corrected chi connectivity index (χ1v) is 6.25. The van der Waals surface area contributed by atoms with Gasteiger partial charge in [-0.1, -0.05) is 59.0 Å². The van der Waals surface area contributed by atoms with Gasteiger partial charge in [-0.2, -0.15) is 0 Å². The number of hydrogen-bond donors (Lipinski definition) is 0. The van der Waals surface area contributed by atoms with E-state index in [1.807, 2.05) is 6.92 Å². The normalized spacial score (nSPS) is 11.0. The van der Waals surface area contributed by atoms with E-state index < -0.39 is 0 Å². The molecule has 14 heavy (non-hydrogen) atoms. The van der Waals surface area contributed by atoms with Crippen LogP contribution >= 0.6 is 22.6 Å². The zero-order valence-electron chi connectivity index (χ0n) is 8.37. The van der Waals surface area contributed by atoms with Gasteiger partial charge < -0.3 is 4.74 Å². The quantitative estimate of drug-likeness (QED) is 0.458. The lowest BCUT2D eigenvalue weighted by Crippen LogP contribution is -1.98. The van der Waals surface area contributed by atoms with E-state index in [0.29, 0.717) is 0 Å². The van der Waals surface area contributed by atoms with Crippen molar-refractivity contribution in [3.05, 3.63) is 41.5 Å². The molecule has 0 aliphatic heterocycles. The highest BCUT2D eigenvalue weighted by Gasteiger charge is 1.97. The Morgan fingerprint density at radius 3 is 2.86 bits per heavy atom. The number of halogens is 1. The van der Waals surface area contributed by atoms with Crippen molar-refractivity contribution in [3.63, 3.8) is 0 Å². The summed E-state index contributed by atoms with van der Waals surface area (Å²) in [6.07, 6.45) is 5.20. The van der Waals surface area contributed by atoms with Gasteiger partial charge in [-0.15, -0.1) is 0 Å². The second kappa shape index (κ2) is 7.01. The summed E-state index contributed by atoms with van der Waals surface area (Å²) in [5.41, 5.74) is 2.66. The van der Waals surface area contributed by atoms with Crippen LogP contribution in [0.15, 0.2) is 30.3 Å².